The molecular weight excluding hydrogens is 174 g/mol. The molecule has 2 unspecified atom stereocenters. The first-order valence-corrected chi connectivity index (χ1v) is 5.06. The molecule has 0 fully saturated rings. The largest absolute Gasteiger partial charge is 0.388 e. The molecule has 1 aromatic rings. The average molecular weight is 193 g/mol. The van der Waals surface area contributed by atoms with Gasteiger partial charge in [-0.3, -0.25) is 0 Å². The average Bonchev–Trinajstić information content (AvgIpc) is 2.20. The normalized spacial score (nSPS) is 17.4. The molecule has 0 amide bonds. The van der Waals surface area contributed by atoms with Crippen molar-refractivity contribution in [2.45, 2.75) is 31.9 Å². The highest BCUT2D eigenvalue weighted by atomic mass is 16.3. The molecule has 0 aliphatic rings. The van der Waals surface area contributed by atoms with Crippen LogP contribution < -0.4 is 5.32 Å². The van der Waals surface area contributed by atoms with Gasteiger partial charge in [0, 0.05) is 0 Å². The van der Waals surface area contributed by atoms with Crippen molar-refractivity contribution in [1.29, 1.82) is 0 Å². The number of nitrogens with one attached hydrogen (secondary N) is 1. The molecule has 2 nitrogen and oxygen atoms in total. The first-order valence-electron chi connectivity index (χ1n) is 5.06. The fourth-order valence-corrected chi connectivity index (χ4v) is 1.69. The van der Waals surface area contributed by atoms with E-state index < -0.39 is 5.60 Å². The van der Waals surface area contributed by atoms with Crippen LogP contribution in [0.25, 0.3) is 0 Å². The van der Waals surface area contributed by atoms with E-state index in [0.29, 0.717) is 0 Å². The molecule has 0 bridgehead atoms. The van der Waals surface area contributed by atoms with E-state index in [1.807, 2.05) is 51.2 Å². The summed E-state index contributed by atoms with van der Waals surface area (Å²) in [5.74, 6) is 0. The van der Waals surface area contributed by atoms with E-state index in [1.165, 1.54) is 0 Å². The van der Waals surface area contributed by atoms with Crippen molar-refractivity contribution >= 4 is 0 Å². The Morgan fingerprint density at radius 2 is 1.93 bits per heavy atom. The summed E-state index contributed by atoms with van der Waals surface area (Å²) in [6.45, 7) is 3.86. The van der Waals surface area contributed by atoms with Gasteiger partial charge in [0.1, 0.15) is 0 Å². The highest BCUT2D eigenvalue weighted by molar-refractivity contribution is 5.21. The maximum absolute atomic E-state index is 10.2. The molecule has 0 aliphatic carbocycles. The number of benzene rings is 1. The highest BCUT2D eigenvalue weighted by Gasteiger charge is 2.29. The molecule has 0 spiro atoms. The van der Waals surface area contributed by atoms with Crippen LogP contribution in [0.1, 0.15) is 31.9 Å². The van der Waals surface area contributed by atoms with Crippen molar-refractivity contribution in [3.8, 4) is 0 Å². The zero-order chi connectivity index (χ0) is 10.6. The van der Waals surface area contributed by atoms with Crippen LogP contribution in [0.3, 0.4) is 0 Å². The summed E-state index contributed by atoms with van der Waals surface area (Å²) >= 11 is 0. The first kappa shape index (κ1) is 11.2. The molecule has 0 radical (unpaired) electrons. The number of aliphatic hydroxyl groups is 1. The topological polar surface area (TPSA) is 32.3 Å². The standard InChI is InChI=1S/C12H19NO/c1-4-12(2,14)11(13-3)10-8-6-5-7-9-10/h5-9,11,13-14H,4H2,1-3H3. The van der Waals surface area contributed by atoms with E-state index in [2.05, 4.69) is 5.32 Å². The van der Waals surface area contributed by atoms with Crippen molar-refractivity contribution in [1.82, 2.24) is 5.32 Å². The summed E-state index contributed by atoms with van der Waals surface area (Å²) in [7, 11) is 1.88. The van der Waals surface area contributed by atoms with Gasteiger partial charge < -0.3 is 10.4 Å². The van der Waals surface area contributed by atoms with Gasteiger partial charge in [0.25, 0.3) is 0 Å². The molecule has 2 heteroatoms. The predicted octanol–water partition coefficient (Wildman–Crippen LogP) is 2.11. The van der Waals surface area contributed by atoms with Gasteiger partial charge in [-0.1, -0.05) is 37.3 Å². The SMILES string of the molecule is CCC(C)(O)C(NC)c1ccccc1. The summed E-state index contributed by atoms with van der Waals surface area (Å²) < 4.78 is 0. The van der Waals surface area contributed by atoms with Gasteiger partial charge in [-0.15, -0.1) is 0 Å². The fourth-order valence-electron chi connectivity index (χ4n) is 1.69. The van der Waals surface area contributed by atoms with E-state index in [1.54, 1.807) is 0 Å². The Bertz CT molecular complexity index is 269. The van der Waals surface area contributed by atoms with Gasteiger partial charge in [0.15, 0.2) is 0 Å². The third kappa shape index (κ3) is 2.34. The minimum Gasteiger partial charge on any atom is -0.388 e. The van der Waals surface area contributed by atoms with Gasteiger partial charge in [0.05, 0.1) is 11.6 Å². The zero-order valence-electron chi connectivity index (χ0n) is 9.12. The third-order valence-electron chi connectivity index (χ3n) is 2.76. The molecular formula is C12H19NO. The van der Waals surface area contributed by atoms with Gasteiger partial charge in [-0.2, -0.15) is 0 Å². The minimum absolute atomic E-state index is 0.00583. The Kier molecular flexibility index (Phi) is 3.67. The monoisotopic (exact) mass is 193 g/mol. The second kappa shape index (κ2) is 4.58. The Morgan fingerprint density at radius 3 is 2.36 bits per heavy atom. The van der Waals surface area contributed by atoms with Gasteiger partial charge in [0.2, 0.25) is 0 Å². The maximum atomic E-state index is 10.2. The molecule has 0 aliphatic heterocycles. The number of likely N-dealkylation sites (N-methyl/N-ethyl adjacent to an activating group) is 1. The molecule has 2 atom stereocenters. The smallest absolute Gasteiger partial charge is 0.0810 e. The summed E-state index contributed by atoms with van der Waals surface area (Å²) in [5.41, 5.74) is 0.428. The summed E-state index contributed by atoms with van der Waals surface area (Å²) in [6, 6.07) is 10.0. The Morgan fingerprint density at radius 1 is 1.36 bits per heavy atom. The van der Waals surface area contributed by atoms with Crippen LogP contribution in [0.5, 0.6) is 0 Å². The summed E-state index contributed by atoms with van der Waals surface area (Å²) in [4.78, 5) is 0. The lowest BCUT2D eigenvalue weighted by atomic mass is 9.88. The van der Waals surface area contributed by atoms with E-state index >= 15 is 0 Å². The molecule has 0 saturated heterocycles. The zero-order valence-corrected chi connectivity index (χ0v) is 9.12. The van der Waals surface area contributed by atoms with Crippen LogP contribution in [-0.2, 0) is 0 Å². The summed E-state index contributed by atoms with van der Waals surface area (Å²) in [6.07, 6.45) is 0.730. The third-order valence-corrected chi connectivity index (χ3v) is 2.76. The first-order chi connectivity index (χ1) is 6.61. The van der Waals surface area contributed by atoms with Crippen LogP contribution in [0.15, 0.2) is 30.3 Å². The highest BCUT2D eigenvalue weighted by Crippen LogP contribution is 2.27. The number of hydrogen-bond acceptors (Lipinski definition) is 2. The summed E-state index contributed by atoms with van der Waals surface area (Å²) in [5, 5.41) is 13.3. The van der Waals surface area contributed by atoms with E-state index in [9.17, 15) is 5.11 Å². The molecule has 78 valence electrons. The van der Waals surface area contributed by atoms with Crippen molar-refractivity contribution < 1.29 is 5.11 Å². The van der Waals surface area contributed by atoms with Crippen LogP contribution in [-0.4, -0.2) is 17.8 Å². The Labute approximate surface area is 86.0 Å². The van der Waals surface area contributed by atoms with Crippen molar-refractivity contribution in [3.05, 3.63) is 35.9 Å². The van der Waals surface area contributed by atoms with Gasteiger partial charge in [-0.25, -0.2) is 0 Å². The predicted molar refractivity (Wildman–Crippen MR) is 59.2 cm³/mol. The van der Waals surface area contributed by atoms with Gasteiger partial charge >= 0.3 is 0 Å². The molecule has 1 rings (SSSR count). The minimum atomic E-state index is -0.698. The van der Waals surface area contributed by atoms with Crippen LogP contribution in [0.2, 0.25) is 0 Å². The van der Waals surface area contributed by atoms with Crippen LogP contribution in [0.4, 0.5) is 0 Å². The van der Waals surface area contributed by atoms with E-state index in [4.69, 9.17) is 0 Å². The number of hydrogen-bond donors (Lipinski definition) is 2. The lowest BCUT2D eigenvalue weighted by Crippen LogP contribution is -2.39. The number of rotatable bonds is 4. The van der Waals surface area contributed by atoms with Crippen molar-refractivity contribution in [2.24, 2.45) is 0 Å². The molecule has 1 aromatic carbocycles. The van der Waals surface area contributed by atoms with Crippen LogP contribution >= 0.6 is 0 Å². The van der Waals surface area contributed by atoms with E-state index in [-0.39, 0.29) is 6.04 Å². The second-order valence-electron chi connectivity index (χ2n) is 3.84. The van der Waals surface area contributed by atoms with E-state index in [0.717, 1.165) is 12.0 Å². The quantitative estimate of drug-likeness (QED) is 0.767. The lowest BCUT2D eigenvalue weighted by Gasteiger charge is -2.32. The Hall–Kier alpha value is -0.860. The maximum Gasteiger partial charge on any atom is 0.0810 e. The van der Waals surface area contributed by atoms with Gasteiger partial charge in [-0.05, 0) is 26.0 Å². The molecule has 0 saturated carbocycles. The molecule has 0 aromatic heterocycles. The molecule has 14 heavy (non-hydrogen) atoms. The molecule has 2 N–H and O–H groups in total. The Balaban J connectivity index is 2.93. The van der Waals surface area contributed by atoms with Crippen molar-refractivity contribution in [2.75, 3.05) is 7.05 Å². The lowest BCUT2D eigenvalue weighted by molar-refractivity contribution is 0.0174. The molecule has 0 heterocycles. The van der Waals surface area contributed by atoms with Crippen LogP contribution in [0, 0.1) is 0 Å². The van der Waals surface area contributed by atoms with Crippen molar-refractivity contribution in [3.63, 3.8) is 0 Å². The second-order valence-corrected chi connectivity index (χ2v) is 3.84. The fraction of sp³-hybridized carbons (Fsp3) is 0.500.